The monoisotopic (exact) mass is 502 g/mol. The molecule has 7 nitrogen and oxygen atoms in total. The third kappa shape index (κ3) is 8.47. The van der Waals surface area contributed by atoms with Gasteiger partial charge in [-0.3, -0.25) is 4.99 Å². The van der Waals surface area contributed by atoms with Gasteiger partial charge in [0.2, 0.25) is 0 Å². The maximum atomic E-state index is 5.70. The van der Waals surface area contributed by atoms with E-state index in [0.717, 1.165) is 41.7 Å². The number of hydrogen-bond acceptors (Lipinski definition) is 5. The van der Waals surface area contributed by atoms with Gasteiger partial charge in [0.1, 0.15) is 5.75 Å². The van der Waals surface area contributed by atoms with E-state index in [1.54, 1.807) is 14.2 Å². The predicted octanol–water partition coefficient (Wildman–Crippen LogP) is 3.70. The van der Waals surface area contributed by atoms with Crippen molar-refractivity contribution in [2.75, 3.05) is 27.3 Å². The van der Waals surface area contributed by atoms with Gasteiger partial charge in [-0.1, -0.05) is 31.1 Å². The zero-order valence-corrected chi connectivity index (χ0v) is 19.4. The van der Waals surface area contributed by atoms with Crippen LogP contribution in [-0.4, -0.2) is 38.4 Å². The van der Waals surface area contributed by atoms with Crippen molar-refractivity contribution in [3.05, 3.63) is 47.3 Å². The summed E-state index contributed by atoms with van der Waals surface area (Å²) in [4.78, 5) is 4.21. The quantitative estimate of drug-likeness (QED) is 0.223. The molecule has 1 heterocycles. The molecule has 0 saturated heterocycles. The Kier molecular flexibility index (Phi) is 11.6. The Labute approximate surface area is 184 Å². The highest BCUT2D eigenvalue weighted by molar-refractivity contribution is 14.0. The summed E-state index contributed by atoms with van der Waals surface area (Å²) in [7, 11) is 3.41. The lowest BCUT2D eigenvalue weighted by atomic mass is 10.1. The molecule has 0 fully saturated rings. The van der Waals surface area contributed by atoms with E-state index in [1.807, 2.05) is 30.3 Å². The lowest BCUT2D eigenvalue weighted by Gasteiger charge is -2.11. The van der Waals surface area contributed by atoms with Crippen molar-refractivity contribution in [1.82, 2.24) is 15.8 Å². The third-order valence-electron chi connectivity index (χ3n) is 4.01. The fraction of sp³-hybridized carbons (Fsp3) is 0.500. The van der Waals surface area contributed by atoms with Crippen molar-refractivity contribution < 1.29 is 14.0 Å². The second-order valence-corrected chi connectivity index (χ2v) is 6.48. The molecule has 0 spiro atoms. The number of guanidine groups is 1. The summed E-state index contributed by atoms with van der Waals surface area (Å²) in [6.07, 6.45) is 0.886. The summed E-state index contributed by atoms with van der Waals surface area (Å²) >= 11 is 0. The highest BCUT2D eigenvalue weighted by Crippen LogP contribution is 2.14. The lowest BCUT2D eigenvalue weighted by molar-refractivity contribution is 0.119. The molecule has 0 aliphatic heterocycles. The molecule has 0 aliphatic rings. The SMILES string of the molecule is CN=C(NCCCOCc1ccc(OC)cc1)NCc1cc(C(C)C)no1.I. The van der Waals surface area contributed by atoms with E-state index in [1.165, 1.54) is 0 Å². The maximum absolute atomic E-state index is 5.70. The molecular weight excluding hydrogens is 471 g/mol. The first kappa shape index (κ1) is 24.2. The summed E-state index contributed by atoms with van der Waals surface area (Å²) in [5.41, 5.74) is 2.10. The number of aliphatic imine (C=N–C) groups is 1. The van der Waals surface area contributed by atoms with Crippen LogP contribution in [0.15, 0.2) is 39.8 Å². The number of halogens is 1. The molecule has 0 saturated carbocycles. The lowest BCUT2D eigenvalue weighted by Crippen LogP contribution is -2.37. The van der Waals surface area contributed by atoms with Crippen LogP contribution in [0.25, 0.3) is 0 Å². The van der Waals surface area contributed by atoms with Crippen molar-refractivity contribution in [3.8, 4) is 5.75 Å². The van der Waals surface area contributed by atoms with Crippen molar-refractivity contribution in [2.45, 2.75) is 39.3 Å². The molecule has 2 N–H and O–H groups in total. The molecule has 0 unspecified atom stereocenters. The molecule has 0 atom stereocenters. The van der Waals surface area contributed by atoms with Crippen LogP contribution in [-0.2, 0) is 17.9 Å². The van der Waals surface area contributed by atoms with Gasteiger partial charge >= 0.3 is 0 Å². The summed E-state index contributed by atoms with van der Waals surface area (Å²) in [5, 5.41) is 10.5. The van der Waals surface area contributed by atoms with Crippen molar-refractivity contribution >= 4 is 29.9 Å². The van der Waals surface area contributed by atoms with Crippen LogP contribution in [0, 0.1) is 0 Å². The van der Waals surface area contributed by atoms with E-state index in [9.17, 15) is 0 Å². The minimum atomic E-state index is 0. The Morgan fingerprint density at radius 1 is 1.21 bits per heavy atom. The number of rotatable bonds is 10. The number of aromatic nitrogens is 1. The number of ether oxygens (including phenoxy) is 2. The molecule has 156 valence electrons. The molecule has 2 aromatic rings. The van der Waals surface area contributed by atoms with Crippen LogP contribution in [0.2, 0.25) is 0 Å². The van der Waals surface area contributed by atoms with Crippen LogP contribution in [0.4, 0.5) is 0 Å². The molecule has 2 rings (SSSR count). The zero-order valence-electron chi connectivity index (χ0n) is 17.0. The first-order valence-corrected chi connectivity index (χ1v) is 9.23. The van der Waals surface area contributed by atoms with Crippen LogP contribution in [0.5, 0.6) is 5.75 Å². The van der Waals surface area contributed by atoms with E-state index >= 15 is 0 Å². The van der Waals surface area contributed by atoms with Crippen molar-refractivity contribution in [2.24, 2.45) is 4.99 Å². The summed E-state index contributed by atoms with van der Waals surface area (Å²) in [6, 6.07) is 9.87. The van der Waals surface area contributed by atoms with Gasteiger partial charge < -0.3 is 24.6 Å². The van der Waals surface area contributed by atoms with E-state index in [4.69, 9.17) is 14.0 Å². The Bertz CT molecular complexity index is 702. The molecule has 8 heteroatoms. The highest BCUT2D eigenvalue weighted by atomic mass is 127. The summed E-state index contributed by atoms with van der Waals surface area (Å²) < 4.78 is 16.2. The minimum absolute atomic E-state index is 0. The van der Waals surface area contributed by atoms with Crippen LogP contribution >= 0.6 is 24.0 Å². The number of benzene rings is 1. The third-order valence-corrected chi connectivity index (χ3v) is 4.01. The zero-order chi connectivity index (χ0) is 19.5. The second-order valence-electron chi connectivity index (χ2n) is 6.48. The van der Waals surface area contributed by atoms with E-state index in [0.29, 0.717) is 25.7 Å². The molecule has 28 heavy (non-hydrogen) atoms. The standard InChI is InChI=1S/C20H30N4O3.HI/c1-15(2)19-12-18(27-24-19)13-23-20(21-3)22-10-5-11-26-14-16-6-8-17(25-4)9-7-16;/h6-9,12,15H,5,10-11,13-14H2,1-4H3,(H2,21,22,23);1H. The van der Waals surface area contributed by atoms with Gasteiger partial charge in [0.05, 0.1) is 26.0 Å². The number of nitrogens with zero attached hydrogens (tertiary/aromatic N) is 2. The van der Waals surface area contributed by atoms with Crippen LogP contribution in [0.1, 0.15) is 43.2 Å². The highest BCUT2D eigenvalue weighted by Gasteiger charge is 2.08. The molecule has 0 amide bonds. The Balaban J connectivity index is 0.00000392. The van der Waals surface area contributed by atoms with Gasteiger partial charge in [-0.25, -0.2) is 0 Å². The summed E-state index contributed by atoms with van der Waals surface area (Å²) in [5.74, 6) is 2.74. The molecule has 0 aliphatic carbocycles. The number of nitrogens with one attached hydrogen (secondary N) is 2. The first-order chi connectivity index (χ1) is 13.1. The van der Waals surface area contributed by atoms with Crippen LogP contribution in [0.3, 0.4) is 0 Å². The fourth-order valence-corrected chi connectivity index (χ4v) is 2.37. The molecule has 1 aromatic carbocycles. The number of methoxy groups -OCH3 is 1. The summed E-state index contributed by atoms with van der Waals surface area (Å²) in [6.45, 7) is 6.78. The molecule has 0 radical (unpaired) electrons. The Hall–Kier alpha value is -1.81. The minimum Gasteiger partial charge on any atom is -0.497 e. The molecule has 0 bridgehead atoms. The normalized spacial score (nSPS) is 11.2. The van der Waals surface area contributed by atoms with Gasteiger partial charge in [0.25, 0.3) is 0 Å². The predicted molar refractivity (Wildman–Crippen MR) is 121 cm³/mol. The molecule has 1 aromatic heterocycles. The first-order valence-electron chi connectivity index (χ1n) is 9.23. The van der Waals surface area contributed by atoms with E-state index < -0.39 is 0 Å². The maximum Gasteiger partial charge on any atom is 0.191 e. The van der Waals surface area contributed by atoms with Gasteiger partial charge in [-0.05, 0) is 30.0 Å². The average Bonchev–Trinajstić information content (AvgIpc) is 3.16. The largest absolute Gasteiger partial charge is 0.497 e. The van der Waals surface area contributed by atoms with Gasteiger partial charge in [0, 0.05) is 26.3 Å². The van der Waals surface area contributed by atoms with Gasteiger partial charge in [-0.2, -0.15) is 0 Å². The van der Waals surface area contributed by atoms with Gasteiger partial charge in [0.15, 0.2) is 11.7 Å². The second kappa shape index (κ2) is 13.4. The van der Waals surface area contributed by atoms with Crippen molar-refractivity contribution in [1.29, 1.82) is 0 Å². The van der Waals surface area contributed by atoms with Crippen LogP contribution < -0.4 is 15.4 Å². The fourth-order valence-electron chi connectivity index (χ4n) is 2.37. The van der Waals surface area contributed by atoms with E-state index in [-0.39, 0.29) is 24.0 Å². The smallest absolute Gasteiger partial charge is 0.191 e. The topological polar surface area (TPSA) is 80.9 Å². The van der Waals surface area contributed by atoms with E-state index in [2.05, 4.69) is 34.6 Å². The van der Waals surface area contributed by atoms with Crippen molar-refractivity contribution in [3.63, 3.8) is 0 Å². The molecular formula is C20H31IN4O3. The Morgan fingerprint density at radius 3 is 2.57 bits per heavy atom. The number of hydrogen-bond donors (Lipinski definition) is 2. The Morgan fingerprint density at radius 2 is 1.96 bits per heavy atom. The van der Waals surface area contributed by atoms with Gasteiger partial charge in [-0.15, -0.1) is 24.0 Å². The average molecular weight is 502 g/mol.